The number of halogens is 1. The molecule has 0 radical (unpaired) electrons. The van der Waals surface area contributed by atoms with Gasteiger partial charge in [-0.1, -0.05) is 12.1 Å². The third-order valence-electron chi connectivity index (χ3n) is 4.70. The van der Waals surface area contributed by atoms with Gasteiger partial charge in [0.2, 0.25) is 0 Å². The Balaban J connectivity index is 1.64. The number of allylic oxidation sites excluding steroid dienone is 1. The van der Waals surface area contributed by atoms with Crippen LogP contribution in [0.2, 0.25) is 0 Å². The van der Waals surface area contributed by atoms with Gasteiger partial charge in [-0.15, -0.1) is 0 Å². The predicted octanol–water partition coefficient (Wildman–Crippen LogP) is 4.14. The molecule has 1 aromatic heterocycles. The van der Waals surface area contributed by atoms with Crippen LogP contribution in [0.1, 0.15) is 23.6 Å². The van der Waals surface area contributed by atoms with Gasteiger partial charge in [-0.25, -0.2) is 9.18 Å². The SMILES string of the molecule is Cc1cc2nccnc2cc1NC(=O)N1C=CC(=O)CC1c1ccc(F)cc1. The number of nitrogens with zero attached hydrogens (tertiary/aromatic N) is 3. The molecule has 2 amide bonds. The van der Waals surface area contributed by atoms with Crippen molar-refractivity contribution in [3.05, 3.63) is 78.0 Å². The number of benzene rings is 2. The Morgan fingerprint density at radius 2 is 1.82 bits per heavy atom. The van der Waals surface area contributed by atoms with Gasteiger partial charge in [-0.3, -0.25) is 19.7 Å². The summed E-state index contributed by atoms with van der Waals surface area (Å²) in [7, 11) is 0. The second-order valence-electron chi connectivity index (χ2n) is 6.60. The minimum Gasteiger partial charge on any atom is -0.307 e. The standard InChI is InChI=1S/C21H17FN4O2/c1-13-10-18-19(24-8-7-23-18)12-17(13)25-21(28)26-9-6-16(27)11-20(26)14-2-4-15(22)5-3-14/h2-10,12,20H,11H2,1H3,(H,25,28). The molecule has 0 spiro atoms. The monoisotopic (exact) mass is 376 g/mol. The summed E-state index contributed by atoms with van der Waals surface area (Å²) < 4.78 is 13.3. The summed E-state index contributed by atoms with van der Waals surface area (Å²) in [6, 6.07) is 8.54. The van der Waals surface area contributed by atoms with E-state index < -0.39 is 6.04 Å². The first-order valence-electron chi connectivity index (χ1n) is 8.78. The normalized spacial score (nSPS) is 16.4. The summed E-state index contributed by atoms with van der Waals surface area (Å²) in [6.07, 6.45) is 6.18. The van der Waals surface area contributed by atoms with Gasteiger partial charge in [0, 0.05) is 30.7 Å². The number of aromatic nitrogens is 2. The molecular formula is C21H17FN4O2. The predicted molar refractivity (Wildman–Crippen MR) is 103 cm³/mol. The van der Waals surface area contributed by atoms with Crippen LogP contribution in [0, 0.1) is 12.7 Å². The van der Waals surface area contributed by atoms with Crippen molar-refractivity contribution >= 4 is 28.5 Å². The van der Waals surface area contributed by atoms with Crippen LogP contribution in [0.4, 0.5) is 14.9 Å². The fourth-order valence-electron chi connectivity index (χ4n) is 3.23. The molecule has 140 valence electrons. The van der Waals surface area contributed by atoms with Crippen LogP contribution < -0.4 is 5.32 Å². The fraction of sp³-hybridized carbons (Fsp3) is 0.143. The molecule has 6 nitrogen and oxygen atoms in total. The highest BCUT2D eigenvalue weighted by molar-refractivity contribution is 5.97. The van der Waals surface area contributed by atoms with E-state index in [4.69, 9.17) is 0 Å². The van der Waals surface area contributed by atoms with Gasteiger partial charge in [0.25, 0.3) is 0 Å². The topological polar surface area (TPSA) is 75.2 Å². The van der Waals surface area contributed by atoms with E-state index in [0.29, 0.717) is 16.8 Å². The van der Waals surface area contributed by atoms with Gasteiger partial charge in [0.05, 0.1) is 17.1 Å². The molecule has 1 unspecified atom stereocenters. The molecule has 7 heteroatoms. The van der Waals surface area contributed by atoms with Crippen LogP contribution >= 0.6 is 0 Å². The van der Waals surface area contributed by atoms with Gasteiger partial charge < -0.3 is 5.32 Å². The number of amides is 2. The maximum Gasteiger partial charge on any atom is 0.326 e. The summed E-state index contributed by atoms with van der Waals surface area (Å²) in [5.74, 6) is -0.458. The van der Waals surface area contributed by atoms with Gasteiger partial charge in [-0.05, 0) is 48.4 Å². The summed E-state index contributed by atoms with van der Waals surface area (Å²) in [4.78, 5) is 34.8. The number of ketones is 1. The lowest BCUT2D eigenvalue weighted by Crippen LogP contribution is -2.37. The Labute approximate surface area is 160 Å². The molecule has 0 saturated heterocycles. The van der Waals surface area contributed by atoms with Crippen molar-refractivity contribution < 1.29 is 14.0 Å². The van der Waals surface area contributed by atoms with E-state index in [-0.39, 0.29) is 24.1 Å². The average molecular weight is 376 g/mol. The molecule has 1 N–H and O–H groups in total. The zero-order valence-electron chi connectivity index (χ0n) is 15.1. The molecule has 0 fully saturated rings. The molecule has 28 heavy (non-hydrogen) atoms. The van der Waals surface area contributed by atoms with E-state index in [9.17, 15) is 14.0 Å². The van der Waals surface area contributed by atoms with Crippen LogP contribution in [0.5, 0.6) is 0 Å². The van der Waals surface area contributed by atoms with E-state index in [1.54, 1.807) is 30.6 Å². The van der Waals surface area contributed by atoms with Crippen LogP contribution in [0.15, 0.2) is 61.1 Å². The number of hydrogen-bond donors (Lipinski definition) is 1. The summed E-state index contributed by atoms with van der Waals surface area (Å²) in [5.41, 5.74) is 3.56. The molecule has 3 aromatic rings. The second-order valence-corrected chi connectivity index (χ2v) is 6.60. The van der Waals surface area contributed by atoms with Gasteiger partial charge in [0.1, 0.15) is 5.82 Å². The van der Waals surface area contributed by atoms with Crippen molar-refractivity contribution in [2.75, 3.05) is 5.32 Å². The van der Waals surface area contributed by atoms with Crippen LogP contribution in [-0.4, -0.2) is 26.7 Å². The Morgan fingerprint density at radius 1 is 1.14 bits per heavy atom. The highest BCUT2D eigenvalue weighted by Gasteiger charge is 2.29. The third-order valence-corrected chi connectivity index (χ3v) is 4.70. The van der Waals surface area contributed by atoms with Crippen LogP contribution in [0.3, 0.4) is 0 Å². The number of urea groups is 1. The van der Waals surface area contributed by atoms with Crippen molar-refractivity contribution in [1.29, 1.82) is 0 Å². The molecule has 0 saturated carbocycles. The zero-order valence-corrected chi connectivity index (χ0v) is 15.1. The number of fused-ring (bicyclic) bond motifs is 1. The Morgan fingerprint density at radius 3 is 2.54 bits per heavy atom. The molecular weight excluding hydrogens is 359 g/mol. The van der Waals surface area contributed by atoms with Crippen LogP contribution in [0.25, 0.3) is 11.0 Å². The van der Waals surface area contributed by atoms with E-state index in [1.807, 2.05) is 13.0 Å². The molecule has 4 rings (SSSR count). The van der Waals surface area contributed by atoms with Crippen molar-refractivity contribution in [3.63, 3.8) is 0 Å². The van der Waals surface area contributed by atoms with Gasteiger partial charge >= 0.3 is 6.03 Å². The first kappa shape index (κ1) is 17.8. The summed E-state index contributed by atoms with van der Waals surface area (Å²) in [6.45, 7) is 1.87. The lowest BCUT2D eigenvalue weighted by molar-refractivity contribution is -0.116. The van der Waals surface area contributed by atoms with Crippen LogP contribution in [-0.2, 0) is 4.79 Å². The van der Waals surface area contributed by atoms with E-state index in [2.05, 4.69) is 15.3 Å². The smallest absolute Gasteiger partial charge is 0.307 e. The highest BCUT2D eigenvalue weighted by atomic mass is 19.1. The first-order valence-corrected chi connectivity index (χ1v) is 8.78. The fourth-order valence-corrected chi connectivity index (χ4v) is 3.23. The molecule has 1 aliphatic rings. The largest absolute Gasteiger partial charge is 0.326 e. The molecule has 1 atom stereocenters. The Kier molecular flexibility index (Phi) is 4.57. The van der Waals surface area contributed by atoms with Gasteiger partial charge in [-0.2, -0.15) is 0 Å². The van der Waals surface area contributed by atoms with Crippen molar-refractivity contribution in [3.8, 4) is 0 Å². The average Bonchev–Trinajstić information content (AvgIpc) is 2.69. The number of anilines is 1. The van der Waals surface area contributed by atoms with Crippen molar-refractivity contribution in [2.24, 2.45) is 0 Å². The quantitative estimate of drug-likeness (QED) is 0.729. The maximum atomic E-state index is 13.3. The highest BCUT2D eigenvalue weighted by Crippen LogP contribution is 2.30. The molecule has 1 aliphatic heterocycles. The second kappa shape index (κ2) is 7.19. The molecule has 0 bridgehead atoms. The molecule has 2 aromatic carbocycles. The minimum absolute atomic E-state index is 0.0875. The minimum atomic E-state index is -0.501. The van der Waals surface area contributed by atoms with Crippen molar-refractivity contribution in [2.45, 2.75) is 19.4 Å². The van der Waals surface area contributed by atoms with E-state index in [0.717, 1.165) is 11.1 Å². The molecule has 2 heterocycles. The Hall–Kier alpha value is -3.61. The number of hydrogen-bond acceptors (Lipinski definition) is 4. The maximum absolute atomic E-state index is 13.3. The summed E-state index contributed by atoms with van der Waals surface area (Å²) in [5, 5.41) is 2.88. The number of nitrogens with one attached hydrogen (secondary N) is 1. The lowest BCUT2D eigenvalue weighted by Gasteiger charge is -2.31. The number of carbonyl (C=O) groups excluding carboxylic acids is 2. The number of rotatable bonds is 2. The van der Waals surface area contributed by atoms with E-state index >= 15 is 0 Å². The molecule has 0 aliphatic carbocycles. The lowest BCUT2D eigenvalue weighted by atomic mass is 9.97. The zero-order chi connectivity index (χ0) is 19.7. The number of carbonyl (C=O) groups is 2. The van der Waals surface area contributed by atoms with E-state index in [1.165, 1.54) is 29.3 Å². The first-order chi connectivity index (χ1) is 13.5. The third kappa shape index (κ3) is 3.46. The Bertz CT molecular complexity index is 1100. The number of aryl methyl sites for hydroxylation is 1. The van der Waals surface area contributed by atoms with Crippen molar-refractivity contribution in [1.82, 2.24) is 14.9 Å². The summed E-state index contributed by atoms with van der Waals surface area (Å²) >= 11 is 0. The van der Waals surface area contributed by atoms with Gasteiger partial charge in [0.15, 0.2) is 5.78 Å².